The Hall–Kier alpha value is -1.06. The number of carbonyl (C=O) groups is 2. The minimum atomic E-state index is -1.02. The largest absolute Gasteiger partial charge is 0.422 e. The fraction of sp³-hybridized carbons (Fsp3) is 0.882. The van der Waals surface area contributed by atoms with Crippen molar-refractivity contribution in [3.63, 3.8) is 0 Å². The minimum absolute atomic E-state index is 0.0274. The summed E-state index contributed by atoms with van der Waals surface area (Å²) in [7, 11) is 0. The molecule has 0 aromatic heterocycles. The van der Waals surface area contributed by atoms with E-state index in [1.165, 1.54) is 0 Å². The molecule has 0 spiro atoms. The molecule has 4 aliphatic rings. The van der Waals surface area contributed by atoms with E-state index in [-0.39, 0.29) is 34.6 Å². The molecular weight excluding hydrogens is 268 g/mol. The summed E-state index contributed by atoms with van der Waals surface area (Å²) in [5.41, 5.74) is 0.0790. The van der Waals surface area contributed by atoms with Crippen LogP contribution in [0.4, 0.5) is 0 Å². The molecule has 0 amide bonds. The van der Waals surface area contributed by atoms with E-state index in [9.17, 15) is 9.59 Å². The average Bonchev–Trinajstić information content (AvgIpc) is 2.44. The van der Waals surface area contributed by atoms with Gasteiger partial charge in [-0.2, -0.15) is 0 Å². The summed E-state index contributed by atoms with van der Waals surface area (Å²) >= 11 is 0. The molecule has 3 unspecified atom stereocenters. The van der Waals surface area contributed by atoms with Crippen molar-refractivity contribution in [1.29, 1.82) is 0 Å². The first-order valence-electron chi connectivity index (χ1n) is 8.14. The standard InChI is InChI=1S/C17H26O4/c1-5-11(2)13(18)20-17-9-15(3)6-12(14(19)21-17)7-16(4,8-15)10-17/h11-12H,5-10H2,1-4H3. The summed E-state index contributed by atoms with van der Waals surface area (Å²) in [5.74, 6) is -1.61. The fourth-order valence-corrected chi connectivity index (χ4v) is 5.12. The molecule has 4 rings (SSSR count). The summed E-state index contributed by atoms with van der Waals surface area (Å²) in [6.07, 6.45) is 4.86. The van der Waals surface area contributed by atoms with Crippen molar-refractivity contribution in [2.24, 2.45) is 22.7 Å². The number of fused-ring (bicyclic) bond motifs is 1. The topological polar surface area (TPSA) is 52.6 Å². The second-order valence-corrected chi connectivity index (χ2v) is 8.32. The van der Waals surface area contributed by atoms with Gasteiger partial charge in [0.25, 0.3) is 5.79 Å². The molecule has 2 aliphatic carbocycles. The van der Waals surface area contributed by atoms with Crippen LogP contribution in [0.5, 0.6) is 0 Å². The minimum Gasteiger partial charge on any atom is -0.422 e. The van der Waals surface area contributed by atoms with Gasteiger partial charge >= 0.3 is 11.9 Å². The zero-order valence-corrected chi connectivity index (χ0v) is 13.5. The Morgan fingerprint density at radius 2 is 1.86 bits per heavy atom. The Bertz CT molecular complexity index is 465. The molecule has 2 heterocycles. The average molecular weight is 294 g/mol. The molecule has 0 radical (unpaired) electrons. The van der Waals surface area contributed by atoms with Crippen molar-refractivity contribution in [3.8, 4) is 0 Å². The molecule has 0 N–H and O–H groups in total. The number of hydrogen-bond acceptors (Lipinski definition) is 4. The third kappa shape index (κ3) is 2.47. The maximum Gasteiger partial charge on any atom is 0.312 e. The summed E-state index contributed by atoms with van der Waals surface area (Å²) in [4.78, 5) is 24.6. The second-order valence-electron chi connectivity index (χ2n) is 8.32. The molecule has 4 fully saturated rings. The van der Waals surface area contributed by atoms with Gasteiger partial charge in [0.1, 0.15) is 0 Å². The Labute approximate surface area is 126 Å². The lowest BCUT2D eigenvalue weighted by Gasteiger charge is -2.53. The van der Waals surface area contributed by atoms with Crippen LogP contribution >= 0.6 is 0 Å². The Morgan fingerprint density at radius 3 is 2.38 bits per heavy atom. The molecule has 21 heavy (non-hydrogen) atoms. The molecular formula is C17H26O4. The van der Waals surface area contributed by atoms with Gasteiger partial charge in [0.15, 0.2) is 0 Å². The number of rotatable bonds is 3. The second kappa shape index (κ2) is 4.47. The van der Waals surface area contributed by atoms with Gasteiger partial charge in [0.05, 0.1) is 11.8 Å². The maximum atomic E-state index is 12.4. The Morgan fingerprint density at radius 1 is 1.29 bits per heavy atom. The van der Waals surface area contributed by atoms with Crippen LogP contribution in [0, 0.1) is 22.7 Å². The molecule has 4 heteroatoms. The highest BCUT2D eigenvalue weighted by molar-refractivity contribution is 5.76. The van der Waals surface area contributed by atoms with Crippen LogP contribution in [0.25, 0.3) is 0 Å². The third-order valence-corrected chi connectivity index (χ3v) is 5.65. The van der Waals surface area contributed by atoms with Crippen molar-refractivity contribution in [2.45, 2.75) is 72.0 Å². The van der Waals surface area contributed by atoms with Gasteiger partial charge in [-0.05, 0) is 36.5 Å². The van der Waals surface area contributed by atoms with E-state index in [2.05, 4.69) is 13.8 Å². The Kier molecular flexibility index (Phi) is 3.16. The smallest absolute Gasteiger partial charge is 0.312 e. The molecule has 3 atom stereocenters. The predicted octanol–water partition coefficient (Wildman–Crippen LogP) is 3.44. The lowest BCUT2D eigenvalue weighted by atomic mass is 9.53. The normalized spacial score (nSPS) is 45.9. The highest BCUT2D eigenvalue weighted by Crippen LogP contribution is 2.63. The SMILES string of the molecule is CCC(C)C(=O)OC12CC3(C)CC(CC(C)(C3)C1)C(=O)O2. The molecule has 118 valence electrons. The maximum absolute atomic E-state index is 12.4. The van der Waals surface area contributed by atoms with E-state index in [1.54, 1.807) is 0 Å². The predicted molar refractivity (Wildman–Crippen MR) is 77.2 cm³/mol. The first-order chi connectivity index (χ1) is 9.68. The van der Waals surface area contributed by atoms with Crippen molar-refractivity contribution in [2.75, 3.05) is 0 Å². The number of esters is 2. The highest BCUT2D eigenvalue weighted by Gasteiger charge is 2.63. The quantitative estimate of drug-likeness (QED) is 0.748. The van der Waals surface area contributed by atoms with Gasteiger partial charge in [-0.1, -0.05) is 27.7 Å². The van der Waals surface area contributed by atoms with Gasteiger partial charge in [0.2, 0.25) is 0 Å². The zero-order chi connectivity index (χ0) is 15.5. The number of ether oxygens (including phenoxy) is 2. The van der Waals surface area contributed by atoms with Gasteiger partial charge in [-0.25, -0.2) is 0 Å². The molecule has 2 saturated heterocycles. The zero-order valence-electron chi connectivity index (χ0n) is 13.5. The molecule has 4 bridgehead atoms. The summed E-state index contributed by atoms with van der Waals surface area (Å²) in [6.45, 7) is 8.25. The van der Waals surface area contributed by atoms with Gasteiger partial charge in [-0.3, -0.25) is 9.59 Å². The van der Waals surface area contributed by atoms with E-state index in [4.69, 9.17) is 9.47 Å². The Balaban J connectivity index is 1.93. The molecule has 2 aliphatic heterocycles. The molecule has 4 nitrogen and oxygen atoms in total. The van der Waals surface area contributed by atoms with E-state index in [0.717, 1.165) is 25.7 Å². The molecule has 2 saturated carbocycles. The van der Waals surface area contributed by atoms with Crippen molar-refractivity contribution < 1.29 is 19.1 Å². The van der Waals surface area contributed by atoms with Gasteiger partial charge in [-0.15, -0.1) is 0 Å². The van der Waals surface area contributed by atoms with Gasteiger partial charge < -0.3 is 9.47 Å². The van der Waals surface area contributed by atoms with Gasteiger partial charge in [0, 0.05) is 12.8 Å². The number of hydrogen-bond donors (Lipinski definition) is 0. The van der Waals surface area contributed by atoms with Crippen LogP contribution in [0.2, 0.25) is 0 Å². The molecule has 0 aromatic carbocycles. The van der Waals surface area contributed by atoms with Crippen LogP contribution in [0.3, 0.4) is 0 Å². The van der Waals surface area contributed by atoms with Crippen LogP contribution in [0.1, 0.15) is 66.2 Å². The number of carbonyl (C=O) groups excluding carboxylic acids is 2. The fourth-order valence-electron chi connectivity index (χ4n) is 5.12. The molecule has 0 aromatic rings. The van der Waals surface area contributed by atoms with E-state index < -0.39 is 5.79 Å². The van der Waals surface area contributed by atoms with Crippen LogP contribution in [-0.4, -0.2) is 17.7 Å². The first kappa shape index (κ1) is 14.9. The van der Waals surface area contributed by atoms with Crippen molar-refractivity contribution >= 4 is 11.9 Å². The summed E-state index contributed by atoms with van der Waals surface area (Å²) in [5, 5.41) is 0. The van der Waals surface area contributed by atoms with E-state index in [0.29, 0.717) is 12.8 Å². The van der Waals surface area contributed by atoms with Crippen LogP contribution in [0.15, 0.2) is 0 Å². The summed E-state index contributed by atoms with van der Waals surface area (Å²) in [6, 6.07) is 0. The lowest BCUT2D eigenvalue weighted by molar-refractivity contribution is -0.257. The van der Waals surface area contributed by atoms with Crippen LogP contribution in [-0.2, 0) is 19.1 Å². The monoisotopic (exact) mass is 294 g/mol. The first-order valence-corrected chi connectivity index (χ1v) is 8.14. The van der Waals surface area contributed by atoms with E-state index in [1.807, 2.05) is 13.8 Å². The third-order valence-electron chi connectivity index (χ3n) is 5.65. The van der Waals surface area contributed by atoms with Crippen molar-refractivity contribution in [1.82, 2.24) is 0 Å². The summed E-state index contributed by atoms with van der Waals surface area (Å²) < 4.78 is 11.5. The van der Waals surface area contributed by atoms with Crippen LogP contribution < -0.4 is 0 Å². The van der Waals surface area contributed by atoms with Crippen molar-refractivity contribution in [3.05, 3.63) is 0 Å². The highest BCUT2D eigenvalue weighted by atomic mass is 16.7. The van der Waals surface area contributed by atoms with E-state index >= 15 is 0 Å². The lowest BCUT2D eigenvalue weighted by Crippen LogP contribution is -2.52.